The quantitative estimate of drug-likeness (QED) is 0.114. The molecule has 1 fully saturated rings. The van der Waals surface area contributed by atoms with Crippen molar-refractivity contribution in [1.82, 2.24) is 5.01 Å². The molecule has 2 aliphatic rings. The lowest BCUT2D eigenvalue weighted by molar-refractivity contribution is -0.186. The normalized spacial score (nSPS) is 19.4. The van der Waals surface area contributed by atoms with Gasteiger partial charge >= 0.3 is 0 Å². The van der Waals surface area contributed by atoms with Gasteiger partial charge in [0.1, 0.15) is 11.6 Å². The van der Waals surface area contributed by atoms with E-state index in [1.807, 2.05) is 18.2 Å². The van der Waals surface area contributed by atoms with Crippen LogP contribution in [0.5, 0.6) is 5.75 Å². The molecule has 1 aromatic rings. The average Bonchev–Trinajstić information content (AvgIpc) is 2.70. The molecule has 0 radical (unpaired) electrons. The summed E-state index contributed by atoms with van der Waals surface area (Å²) >= 11 is 0. The number of unbranched alkanes of at least 4 members (excludes halogenated alkanes) is 1. The van der Waals surface area contributed by atoms with Crippen LogP contribution < -0.4 is 21.7 Å². The highest BCUT2D eigenvalue weighted by molar-refractivity contribution is 5.94. The van der Waals surface area contributed by atoms with E-state index >= 15 is 0 Å². The first-order valence-electron chi connectivity index (χ1n) is 10.2. The molecule has 7 N–H and O–H groups in total. The van der Waals surface area contributed by atoms with Gasteiger partial charge in [-0.05, 0) is 55.9 Å². The molecule has 9 heteroatoms. The molecule has 0 atom stereocenters. The molecule has 1 amide bonds. The van der Waals surface area contributed by atoms with Gasteiger partial charge in [-0.15, -0.1) is 0 Å². The van der Waals surface area contributed by atoms with Gasteiger partial charge in [0.25, 0.3) is 0 Å². The van der Waals surface area contributed by atoms with E-state index in [0.29, 0.717) is 51.0 Å². The number of fused-ring (bicyclic) bond motifs is 1. The summed E-state index contributed by atoms with van der Waals surface area (Å²) in [6.07, 6.45) is 5.27. The zero-order valence-electron chi connectivity index (χ0n) is 16.6. The van der Waals surface area contributed by atoms with E-state index in [4.69, 9.17) is 16.4 Å². The van der Waals surface area contributed by atoms with Crippen LogP contribution >= 0.6 is 0 Å². The second-order valence-electron chi connectivity index (χ2n) is 7.84. The minimum atomic E-state index is -1.59. The van der Waals surface area contributed by atoms with E-state index in [-0.39, 0.29) is 11.9 Å². The van der Waals surface area contributed by atoms with Gasteiger partial charge in [0.05, 0.1) is 6.61 Å². The largest absolute Gasteiger partial charge is 0.494 e. The van der Waals surface area contributed by atoms with E-state index in [0.717, 1.165) is 36.3 Å². The zero-order valence-corrected chi connectivity index (χ0v) is 16.6. The summed E-state index contributed by atoms with van der Waals surface area (Å²) in [5, 5.41) is 27.6. The molecule has 0 unspecified atom stereocenters. The standard InChI is InChI=1S/C20H31N5O4/c21-24-18(25(22)15-8-10-20(27,28)11-9-15)3-1-2-12-29-16-5-6-17-14(13-16)4-7-19(26)23-17/h5-6,13,15,27-28H,1-4,7-12,21-22H2,(H,23,26)/b24-18-. The Morgan fingerprint density at radius 3 is 2.76 bits per heavy atom. The number of anilines is 1. The maximum absolute atomic E-state index is 11.4. The molecule has 1 aromatic carbocycles. The van der Waals surface area contributed by atoms with Crippen LogP contribution in [0.3, 0.4) is 0 Å². The molecule has 1 saturated carbocycles. The van der Waals surface area contributed by atoms with E-state index in [1.54, 1.807) is 5.01 Å². The first-order valence-corrected chi connectivity index (χ1v) is 10.2. The number of amides is 1. The number of hydrogen-bond acceptors (Lipinski definition) is 7. The lowest BCUT2D eigenvalue weighted by Crippen LogP contribution is -2.50. The lowest BCUT2D eigenvalue weighted by Gasteiger charge is -2.37. The fraction of sp³-hybridized carbons (Fsp3) is 0.600. The molecule has 160 valence electrons. The van der Waals surface area contributed by atoms with Crippen molar-refractivity contribution in [1.29, 1.82) is 0 Å². The third-order valence-corrected chi connectivity index (χ3v) is 5.63. The predicted octanol–water partition coefficient (Wildman–Crippen LogP) is 1.19. The van der Waals surface area contributed by atoms with Gasteiger partial charge in [0, 0.05) is 37.4 Å². The highest BCUT2D eigenvalue weighted by Crippen LogP contribution is 2.29. The minimum Gasteiger partial charge on any atom is -0.494 e. The fourth-order valence-corrected chi connectivity index (χ4v) is 3.84. The smallest absolute Gasteiger partial charge is 0.224 e. The summed E-state index contributed by atoms with van der Waals surface area (Å²) in [5.74, 6) is 11.6. The summed E-state index contributed by atoms with van der Waals surface area (Å²) in [6, 6.07) is 5.74. The molecule has 0 aromatic heterocycles. The van der Waals surface area contributed by atoms with Crippen LogP contribution in [0.25, 0.3) is 0 Å². The topological polar surface area (TPSA) is 146 Å². The van der Waals surface area contributed by atoms with Crippen LogP contribution in [0.2, 0.25) is 0 Å². The first-order chi connectivity index (χ1) is 13.9. The SMILES string of the molecule is N/N=C(/CCCCOc1ccc2c(c1)CCC(=O)N2)N(N)C1CCC(O)(O)CC1. The number of amidine groups is 1. The summed E-state index contributed by atoms with van der Waals surface area (Å²) in [6.45, 7) is 0.564. The Balaban J connectivity index is 1.39. The Kier molecular flexibility index (Phi) is 6.94. The number of aryl methyl sites for hydroxylation is 1. The molecule has 0 spiro atoms. The molecule has 29 heavy (non-hydrogen) atoms. The summed E-state index contributed by atoms with van der Waals surface area (Å²) in [4.78, 5) is 11.4. The van der Waals surface area contributed by atoms with Crippen LogP contribution in [0.1, 0.15) is 56.9 Å². The third kappa shape index (κ3) is 5.81. The van der Waals surface area contributed by atoms with Crippen molar-refractivity contribution >= 4 is 17.4 Å². The number of aliphatic hydroxyl groups is 2. The molecule has 9 nitrogen and oxygen atoms in total. The number of rotatable bonds is 7. The van der Waals surface area contributed by atoms with Gasteiger partial charge in [-0.3, -0.25) is 9.80 Å². The number of nitrogens with one attached hydrogen (secondary N) is 1. The molecule has 0 bridgehead atoms. The minimum absolute atomic E-state index is 0.0111. The Bertz CT molecular complexity index is 742. The van der Waals surface area contributed by atoms with Crippen molar-refractivity contribution in [2.75, 3.05) is 11.9 Å². The zero-order chi connectivity index (χ0) is 20.9. The number of nitrogens with zero attached hydrogens (tertiary/aromatic N) is 2. The summed E-state index contributed by atoms with van der Waals surface area (Å²) in [7, 11) is 0. The van der Waals surface area contributed by atoms with Gasteiger partial charge in [-0.25, -0.2) is 5.84 Å². The molecule has 1 heterocycles. The predicted molar refractivity (Wildman–Crippen MR) is 110 cm³/mol. The van der Waals surface area contributed by atoms with Crippen molar-refractivity contribution < 1.29 is 19.7 Å². The maximum atomic E-state index is 11.4. The highest BCUT2D eigenvalue weighted by atomic mass is 16.5. The molecular formula is C20H31N5O4. The van der Waals surface area contributed by atoms with Crippen LogP contribution in [0.15, 0.2) is 23.3 Å². The Morgan fingerprint density at radius 2 is 2.03 bits per heavy atom. The fourth-order valence-electron chi connectivity index (χ4n) is 3.84. The van der Waals surface area contributed by atoms with Crippen LogP contribution in [0, 0.1) is 0 Å². The molecular weight excluding hydrogens is 374 g/mol. The number of ether oxygens (including phenoxy) is 1. The maximum Gasteiger partial charge on any atom is 0.224 e. The van der Waals surface area contributed by atoms with Gasteiger partial charge in [0.15, 0.2) is 5.79 Å². The molecule has 0 saturated heterocycles. The van der Waals surface area contributed by atoms with Crippen molar-refractivity contribution in [3.05, 3.63) is 23.8 Å². The van der Waals surface area contributed by atoms with Crippen molar-refractivity contribution in [3.8, 4) is 5.75 Å². The number of hydrazone groups is 1. The van der Waals surface area contributed by atoms with Gasteiger partial charge in [-0.1, -0.05) is 0 Å². The van der Waals surface area contributed by atoms with E-state index in [1.165, 1.54) is 0 Å². The van der Waals surface area contributed by atoms with Gasteiger partial charge in [-0.2, -0.15) is 5.10 Å². The second kappa shape index (κ2) is 9.43. The number of hydrogen-bond donors (Lipinski definition) is 5. The average molecular weight is 405 g/mol. The number of carbonyl (C=O) groups is 1. The van der Waals surface area contributed by atoms with Crippen LogP contribution in [0.4, 0.5) is 5.69 Å². The van der Waals surface area contributed by atoms with Crippen molar-refractivity contribution in [2.24, 2.45) is 16.8 Å². The number of benzene rings is 1. The lowest BCUT2D eigenvalue weighted by atomic mass is 9.90. The number of hydrazine groups is 1. The first kappa shape index (κ1) is 21.4. The van der Waals surface area contributed by atoms with E-state index < -0.39 is 5.79 Å². The molecule has 3 rings (SSSR count). The Hall–Kier alpha value is -2.36. The second-order valence-corrected chi connectivity index (χ2v) is 7.84. The van der Waals surface area contributed by atoms with E-state index in [2.05, 4.69) is 10.4 Å². The molecule has 1 aliphatic heterocycles. The van der Waals surface area contributed by atoms with Crippen LogP contribution in [-0.4, -0.2) is 45.4 Å². The number of nitrogens with two attached hydrogens (primary N) is 2. The van der Waals surface area contributed by atoms with Crippen LogP contribution in [-0.2, 0) is 11.2 Å². The highest BCUT2D eigenvalue weighted by Gasteiger charge is 2.33. The Labute approximate surface area is 170 Å². The van der Waals surface area contributed by atoms with Crippen molar-refractivity contribution in [3.63, 3.8) is 0 Å². The number of carbonyl (C=O) groups excluding carboxylic acids is 1. The molecule has 1 aliphatic carbocycles. The van der Waals surface area contributed by atoms with Gasteiger partial charge < -0.3 is 26.1 Å². The summed E-state index contributed by atoms with van der Waals surface area (Å²) < 4.78 is 5.83. The monoisotopic (exact) mass is 405 g/mol. The third-order valence-electron chi connectivity index (χ3n) is 5.63. The van der Waals surface area contributed by atoms with Gasteiger partial charge in [0.2, 0.25) is 5.91 Å². The van der Waals surface area contributed by atoms with Crippen molar-refractivity contribution in [2.45, 2.75) is 69.6 Å². The summed E-state index contributed by atoms with van der Waals surface area (Å²) in [5.41, 5.74) is 1.96. The van der Waals surface area contributed by atoms with E-state index in [9.17, 15) is 15.0 Å². The Morgan fingerprint density at radius 1 is 1.28 bits per heavy atom.